The van der Waals surface area contributed by atoms with Crippen molar-refractivity contribution in [3.63, 3.8) is 0 Å². The zero-order chi connectivity index (χ0) is 52.9. The minimum Gasteiger partial charge on any atom is -0.456 e. The molecule has 2 N–H and O–H groups in total. The molecule has 0 spiro atoms. The van der Waals surface area contributed by atoms with Gasteiger partial charge in [0.15, 0.2) is 0 Å². The molecule has 3 unspecified atom stereocenters. The van der Waals surface area contributed by atoms with Crippen molar-refractivity contribution < 1.29 is 37.3 Å². The number of ether oxygens (including phenoxy) is 1. The molecular formula is C62H118N2O7P+. The summed E-state index contributed by atoms with van der Waals surface area (Å²) in [6.07, 6.45) is 63.8. The van der Waals surface area contributed by atoms with Crippen molar-refractivity contribution in [2.75, 3.05) is 40.9 Å². The van der Waals surface area contributed by atoms with Crippen molar-refractivity contribution in [3.8, 4) is 0 Å². The number of nitrogens with one attached hydrogen (secondary N) is 1. The Balaban J connectivity index is 5.28. The van der Waals surface area contributed by atoms with E-state index in [-0.39, 0.29) is 31.5 Å². The van der Waals surface area contributed by atoms with Gasteiger partial charge in [-0.3, -0.25) is 18.6 Å². The Labute approximate surface area is 446 Å². The molecule has 0 bridgehead atoms. The molecule has 3 atom stereocenters. The molecule has 0 saturated heterocycles. The minimum atomic E-state index is -4.45. The maximum absolute atomic E-state index is 13.5. The van der Waals surface area contributed by atoms with Crippen LogP contribution in [0.2, 0.25) is 0 Å². The van der Waals surface area contributed by atoms with E-state index in [2.05, 4.69) is 62.5 Å². The van der Waals surface area contributed by atoms with Crippen LogP contribution in [0.1, 0.15) is 284 Å². The zero-order valence-electron chi connectivity index (χ0n) is 48.2. The smallest absolute Gasteiger partial charge is 0.456 e. The Morgan fingerprint density at radius 1 is 0.486 bits per heavy atom. The predicted molar refractivity (Wildman–Crippen MR) is 309 cm³/mol. The predicted octanol–water partition coefficient (Wildman–Crippen LogP) is 18.5. The summed E-state index contributed by atoms with van der Waals surface area (Å²) in [7, 11) is 1.49. The largest absolute Gasteiger partial charge is 0.472 e. The number of likely N-dealkylation sites (N-methyl/N-ethyl adjacent to an activating group) is 1. The van der Waals surface area contributed by atoms with Crippen LogP contribution in [0, 0.1) is 0 Å². The molecule has 10 heteroatoms. The second-order valence-corrected chi connectivity index (χ2v) is 23.4. The van der Waals surface area contributed by atoms with E-state index >= 15 is 0 Å². The van der Waals surface area contributed by atoms with Gasteiger partial charge in [-0.25, -0.2) is 4.57 Å². The molecule has 0 heterocycles. The summed E-state index contributed by atoms with van der Waals surface area (Å²) in [4.78, 5) is 37.7. The third-order valence-corrected chi connectivity index (χ3v) is 14.5. The number of phosphoric acid groups is 1. The molecule has 72 heavy (non-hydrogen) atoms. The van der Waals surface area contributed by atoms with Crippen molar-refractivity contribution >= 4 is 19.7 Å². The fourth-order valence-electron chi connectivity index (χ4n) is 8.75. The van der Waals surface area contributed by atoms with Gasteiger partial charge in [0, 0.05) is 12.8 Å². The topological polar surface area (TPSA) is 111 Å². The summed E-state index contributed by atoms with van der Waals surface area (Å²) in [5.74, 6) is -0.514. The molecule has 0 aliphatic carbocycles. The summed E-state index contributed by atoms with van der Waals surface area (Å²) < 4.78 is 30.7. The molecule has 0 aliphatic rings. The number of carbonyl (C=O) groups excluding carboxylic acids is 2. The molecule has 9 nitrogen and oxygen atoms in total. The maximum Gasteiger partial charge on any atom is 0.472 e. The average Bonchev–Trinajstić information content (AvgIpc) is 3.34. The Hall–Kier alpha value is -2.03. The quantitative estimate of drug-likeness (QED) is 0.0156. The lowest BCUT2D eigenvalue weighted by molar-refractivity contribution is -0.870. The summed E-state index contributed by atoms with van der Waals surface area (Å²) >= 11 is 0. The fourth-order valence-corrected chi connectivity index (χ4v) is 9.49. The van der Waals surface area contributed by atoms with E-state index in [9.17, 15) is 19.0 Å². The Morgan fingerprint density at radius 3 is 1.29 bits per heavy atom. The van der Waals surface area contributed by atoms with Crippen LogP contribution in [0.4, 0.5) is 0 Å². The van der Waals surface area contributed by atoms with Gasteiger partial charge >= 0.3 is 13.8 Å². The second-order valence-electron chi connectivity index (χ2n) is 21.9. The standard InChI is InChI=1S/C62H117N2O7P/c1-7-10-13-16-19-22-25-28-30-31-32-33-35-36-39-42-45-48-51-54-61(65)63-59(58-70-72(67,68)69-57-56-64(4,5)6)60(53-50-47-44-41-38-27-24-21-18-15-12-9-3)71-62(66)55-52-49-46-43-40-37-34-29-26-23-20-17-14-11-8-2/h20,23,26,28-30,50,53,59-60H,7-19,21-22,24-25,27,31-49,51-52,54-58H2,1-6H3,(H-,63,65,67,68)/p+1/b23-20+,29-26+,30-28+,53-50-. The molecule has 0 aromatic heterocycles. The molecule has 1 amide bonds. The van der Waals surface area contributed by atoms with Gasteiger partial charge in [-0.1, -0.05) is 237 Å². The third-order valence-electron chi connectivity index (χ3n) is 13.5. The van der Waals surface area contributed by atoms with E-state index in [1.165, 1.54) is 173 Å². The van der Waals surface area contributed by atoms with Gasteiger partial charge in [-0.05, 0) is 83.1 Å². The lowest BCUT2D eigenvalue weighted by atomic mass is 10.0. The summed E-state index contributed by atoms with van der Waals surface area (Å²) in [5, 5.41) is 3.05. The SMILES string of the molecule is CCCCC/C=C/C=C/CCCCCCCCC(=O)OC(/C=C\CCCCCCCCCCCC)C(COP(=O)(O)OCC[N+](C)(C)C)NC(=O)CCCCCCCCCCC/C=C/CCCCCCCC. The molecule has 0 rings (SSSR count). The first-order valence-electron chi connectivity index (χ1n) is 30.5. The van der Waals surface area contributed by atoms with Crippen LogP contribution in [0.15, 0.2) is 48.6 Å². The molecule has 422 valence electrons. The minimum absolute atomic E-state index is 0.0381. The highest BCUT2D eigenvalue weighted by Gasteiger charge is 2.30. The maximum atomic E-state index is 13.5. The van der Waals surface area contributed by atoms with Crippen molar-refractivity contribution in [2.45, 2.75) is 296 Å². The van der Waals surface area contributed by atoms with Crippen LogP contribution >= 0.6 is 7.82 Å². The van der Waals surface area contributed by atoms with Crippen LogP contribution in [0.3, 0.4) is 0 Å². The van der Waals surface area contributed by atoms with Crippen molar-refractivity contribution in [1.29, 1.82) is 0 Å². The number of amides is 1. The monoisotopic (exact) mass is 1030 g/mol. The van der Waals surface area contributed by atoms with E-state index < -0.39 is 20.0 Å². The Kier molecular flexibility index (Phi) is 50.9. The number of rotatable bonds is 55. The van der Waals surface area contributed by atoms with Gasteiger partial charge in [-0.15, -0.1) is 0 Å². The van der Waals surface area contributed by atoms with Crippen LogP contribution in [-0.4, -0.2) is 74.3 Å². The van der Waals surface area contributed by atoms with E-state index in [1.54, 1.807) is 0 Å². The molecule has 0 saturated carbocycles. The number of esters is 1. The van der Waals surface area contributed by atoms with Gasteiger partial charge in [0.05, 0.1) is 33.8 Å². The first kappa shape index (κ1) is 70.0. The number of unbranched alkanes of at least 4 members (excludes halogenated alkanes) is 34. The number of hydrogen-bond acceptors (Lipinski definition) is 6. The van der Waals surface area contributed by atoms with Crippen LogP contribution in [-0.2, 0) is 27.9 Å². The van der Waals surface area contributed by atoms with Gasteiger partial charge in [0.2, 0.25) is 5.91 Å². The highest BCUT2D eigenvalue weighted by atomic mass is 31.2. The molecule has 0 aromatic rings. The number of nitrogens with zero attached hydrogens (tertiary/aromatic N) is 1. The highest BCUT2D eigenvalue weighted by molar-refractivity contribution is 7.47. The Bertz CT molecular complexity index is 1380. The normalized spacial score (nSPS) is 14.0. The summed E-state index contributed by atoms with van der Waals surface area (Å²) in [6, 6.07) is -0.853. The molecule has 0 radical (unpaired) electrons. The number of allylic oxidation sites excluding steroid dienone is 7. The van der Waals surface area contributed by atoms with E-state index in [4.69, 9.17) is 13.8 Å². The first-order valence-corrected chi connectivity index (χ1v) is 32.0. The van der Waals surface area contributed by atoms with Gasteiger partial charge < -0.3 is 19.4 Å². The lowest BCUT2D eigenvalue weighted by Crippen LogP contribution is -2.47. The fraction of sp³-hybridized carbons (Fsp3) is 0.839. The zero-order valence-corrected chi connectivity index (χ0v) is 49.1. The highest BCUT2D eigenvalue weighted by Crippen LogP contribution is 2.43. The summed E-state index contributed by atoms with van der Waals surface area (Å²) in [5.41, 5.74) is 0. The Morgan fingerprint density at radius 2 is 0.847 bits per heavy atom. The van der Waals surface area contributed by atoms with E-state index in [1.807, 2.05) is 33.3 Å². The van der Waals surface area contributed by atoms with E-state index in [0.29, 0.717) is 17.4 Å². The van der Waals surface area contributed by atoms with Crippen LogP contribution < -0.4 is 5.32 Å². The first-order chi connectivity index (χ1) is 34.9. The van der Waals surface area contributed by atoms with Gasteiger partial charge in [0.1, 0.15) is 19.3 Å². The van der Waals surface area contributed by atoms with Crippen LogP contribution in [0.25, 0.3) is 0 Å². The average molecular weight is 1030 g/mol. The van der Waals surface area contributed by atoms with Crippen molar-refractivity contribution in [1.82, 2.24) is 5.32 Å². The molecule has 0 aliphatic heterocycles. The number of carbonyl (C=O) groups is 2. The number of phosphoric ester groups is 1. The van der Waals surface area contributed by atoms with Gasteiger partial charge in [-0.2, -0.15) is 0 Å². The van der Waals surface area contributed by atoms with Crippen molar-refractivity contribution in [2.24, 2.45) is 0 Å². The molecule has 0 aromatic carbocycles. The van der Waals surface area contributed by atoms with Gasteiger partial charge in [0.25, 0.3) is 0 Å². The number of hydrogen-bond donors (Lipinski definition) is 2. The third kappa shape index (κ3) is 52.8. The summed E-state index contributed by atoms with van der Waals surface area (Å²) in [6.45, 7) is 6.99. The van der Waals surface area contributed by atoms with E-state index in [0.717, 1.165) is 77.0 Å². The van der Waals surface area contributed by atoms with Crippen molar-refractivity contribution in [3.05, 3.63) is 48.6 Å². The van der Waals surface area contributed by atoms with Crippen LogP contribution in [0.5, 0.6) is 0 Å². The molecular weight excluding hydrogens is 916 g/mol. The second kappa shape index (κ2) is 52.4. The lowest BCUT2D eigenvalue weighted by Gasteiger charge is -2.27. The number of quaternary nitrogens is 1. The molecule has 0 fully saturated rings.